The van der Waals surface area contributed by atoms with E-state index < -0.39 is 0 Å². The van der Waals surface area contributed by atoms with E-state index in [9.17, 15) is 4.79 Å². The summed E-state index contributed by atoms with van der Waals surface area (Å²) in [5, 5.41) is 0. The molecule has 0 aliphatic carbocycles. The molecule has 0 saturated carbocycles. The maximum Gasteiger partial charge on any atom is 0.139 e. The highest BCUT2D eigenvalue weighted by Gasteiger charge is 2.30. The zero-order chi connectivity index (χ0) is 9.73. The zero-order valence-corrected chi connectivity index (χ0v) is 8.16. The maximum absolute atomic E-state index is 10.3. The second kappa shape index (κ2) is 4.42. The standard InChI is InChI=1S/C10H17NO2/c1-3-11(6-7-12)9-10(2)5-4-8-13-10/h3,7H,1,4-6,8-9H2,2H3. The first-order valence-electron chi connectivity index (χ1n) is 4.64. The van der Waals surface area contributed by atoms with Gasteiger partial charge in [0, 0.05) is 13.2 Å². The van der Waals surface area contributed by atoms with Crippen LogP contribution >= 0.6 is 0 Å². The van der Waals surface area contributed by atoms with Crippen LogP contribution in [0, 0.1) is 0 Å². The Kier molecular flexibility index (Phi) is 3.48. The van der Waals surface area contributed by atoms with Gasteiger partial charge >= 0.3 is 0 Å². The van der Waals surface area contributed by atoms with Crippen molar-refractivity contribution in [2.45, 2.75) is 25.4 Å². The van der Waals surface area contributed by atoms with Crippen molar-refractivity contribution >= 4 is 6.29 Å². The van der Waals surface area contributed by atoms with Gasteiger partial charge in [-0.05, 0) is 26.0 Å². The summed E-state index contributed by atoms with van der Waals surface area (Å²) in [6, 6.07) is 0. The highest BCUT2D eigenvalue weighted by Crippen LogP contribution is 2.25. The van der Waals surface area contributed by atoms with Gasteiger partial charge in [0.25, 0.3) is 0 Å². The molecular weight excluding hydrogens is 166 g/mol. The summed E-state index contributed by atoms with van der Waals surface area (Å²) in [5.41, 5.74) is -0.0861. The van der Waals surface area contributed by atoms with Crippen molar-refractivity contribution in [2.24, 2.45) is 0 Å². The summed E-state index contributed by atoms with van der Waals surface area (Å²) in [7, 11) is 0. The molecule has 0 amide bonds. The maximum atomic E-state index is 10.3. The van der Waals surface area contributed by atoms with Gasteiger partial charge in [-0.2, -0.15) is 0 Å². The topological polar surface area (TPSA) is 29.5 Å². The molecule has 0 N–H and O–H groups in total. The Balaban J connectivity index is 2.43. The molecular formula is C10H17NO2. The van der Waals surface area contributed by atoms with E-state index >= 15 is 0 Å². The average molecular weight is 183 g/mol. The lowest BCUT2D eigenvalue weighted by atomic mass is 10.0. The first-order valence-corrected chi connectivity index (χ1v) is 4.64. The predicted molar refractivity (Wildman–Crippen MR) is 51.4 cm³/mol. The van der Waals surface area contributed by atoms with Gasteiger partial charge in [0.2, 0.25) is 0 Å². The Morgan fingerprint density at radius 1 is 1.69 bits per heavy atom. The highest BCUT2D eigenvalue weighted by atomic mass is 16.5. The minimum atomic E-state index is -0.0861. The van der Waals surface area contributed by atoms with Crippen molar-refractivity contribution in [1.82, 2.24) is 4.90 Å². The molecule has 0 aromatic rings. The minimum absolute atomic E-state index is 0.0861. The van der Waals surface area contributed by atoms with Crippen molar-refractivity contribution in [3.05, 3.63) is 12.8 Å². The van der Waals surface area contributed by atoms with Crippen LogP contribution in [0.5, 0.6) is 0 Å². The van der Waals surface area contributed by atoms with E-state index in [1.54, 1.807) is 6.20 Å². The second-order valence-corrected chi connectivity index (χ2v) is 3.68. The number of carbonyl (C=O) groups excluding carboxylic acids is 1. The molecule has 1 rings (SSSR count). The van der Waals surface area contributed by atoms with E-state index in [2.05, 4.69) is 13.5 Å². The Morgan fingerprint density at radius 2 is 2.46 bits per heavy atom. The summed E-state index contributed by atoms with van der Waals surface area (Å²) >= 11 is 0. The van der Waals surface area contributed by atoms with E-state index in [-0.39, 0.29) is 5.60 Å². The number of hydrogen-bond donors (Lipinski definition) is 0. The molecule has 1 aliphatic heterocycles. The molecule has 1 atom stereocenters. The van der Waals surface area contributed by atoms with Crippen molar-refractivity contribution in [3.8, 4) is 0 Å². The summed E-state index contributed by atoms with van der Waals surface area (Å²) < 4.78 is 5.61. The fraction of sp³-hybridized carbons (Fsp3) is 0.700. The Morgan fingerprint density at radius 3 is 2.92 bits per heavy atom. The molecule has 1 heterocycles. The summed E-state index contributed by atoms with van der Waals surface area (Å²) in [6.45, 7) is 7.75. The molecule has 13 heavy (non-hydrogen) atoms. The third-order valence-electron chi connectivity index (χ3n) is 2.41. The molecule has 3 heteroatoms. The first kappa shape index (κ1) is 10.3. The van der Waals surface area contributed by atoms with Crippen LogP contribution < -0.4 is 0 Å². The number of nitrogens with zero attached hydrogens (tertiary/aromatic N) is 1. The molecule has 0 aromatic heterocycles. The third kappa shape index (κ3) is 2.84. The SMILES string of the molecule is C=CN(CC=O)CC1(C)CCCO1. The van der Waals surface area contributed by atoms with Gasteiger partial charge in [-0.15, -0.1) is 0 Å². The lowest BCUT2D eigenvalue weighted by Gasteiger charge is -2.29. The van der Waals surface area contributed by atoms with Crippen LogP contribution in [0.2, 0.25) is 0 Å². The van der Waals surface area contributed by atoms with E-state index in [0.717, 1.165) is 32.3 Å². The lowest BCUT2D eigenvalue weighted by Crippen LogP contribution is -2.38. The van der Waals surface area contributed by atoms with E-state index in [4.69, 9.17) is 4.74 Å². The van der Waals surface area contributed by atoms with Gasteiger partial charge in [-0.25, -0.2) is 0 Å². The number of carbonyl (C=O) groups is 1. The van der Waals surface area contributed by atoms with Crippen LogP contribution in [-0.4, -0.2) is 36.5 Å². The fourth-order valence-electron chi connectivity index (χ4n) is 1.69. The molecule has 1 saturated heterocycles. The predicted octanol–water partition coefficient (Wildman–Crippen LogP) is 1.20. The summed E-state index contributed by atoms with van der Waals surface area (Å²) in [6.07, 6.45) is 4.76. The largest absolute Gasteiger partial charge is 0.373 e. The average Bonchev–Trinajstić information content (AvgIpc) is 2.51. The van der Waals surface area contributed by atoms with Crippen LogP contribution in [-0.2, 0) is 9.53 Å². The van der Waals surface area contributed by atoms with Crippen LogP contribution in [0.4, 0.5) is 0 Å². The molecule has 1 aliphatic rings. The zero-order valence-electron chi connectivity index (χ0n) is 8.16. The van der Waals surface area contributed by atoms with E-state index in [0.29, 0.717) is 6.54 Å². The minimum Gasteiger partial charge on any atom is -0.373 e. The number of ether oxygens (including phenoxy) is 1. The molecule has 0 spiro atoms. The first-order chi connectivity index (χ1) is 6.20. The van der Waals surface area contributed by atoms with E-state index in [1.807, 2.05) is 4.90 Å². The normalized spacial score (nSPS) is 27.2. The molecule has 3 nitrogen and oxygen atoms in total. The van der Waals surface area contributed by atoms with Gasteiger partial charge in [0.1, 0.15) is 6.29 Å². The van der Waals surface area contributed by atoms with Gasteiger partial charge < -0.3 is 14.4 Å². The second-order valence-electron chi connectivity index (χ2n) is 3.68. The highest BCUT2D eigenvalue weighted by molar-refractivity contribution is 5.52. The smallest absolute Gasteiger partial charge is 0.139 e. The van der Waals surface area contributed by atoms with Crippen LogP contribution in [0.25, 0.3) is 0 Å². The van der Waals surface area contributed by atoms with Gasteiger partial charge in [-0.1, -0.05) is 6.58 Å². The van der Waals surface area contributed by atoms with Crippen molar-refractivity contribution in [2.75, 3.05) is 19.7 Å². The van der Waals surface area contributed by atoms with Gasteiger partial charge in [0.05, 0.1) is 12.1 Å². The van der Waals surface area contributed by atoms with E-state index in [1.165, 1.54) is 0 Å². The molecule has 0 aromatic carbocycles. The van der Waals surface area contributed by atoms with Crippen molar-refractivity contribution < 1.29 is 9.53 Å². The lowest BCUT2D eigenvalue weighted by molar-refractivity contribution is -0.109. The van der Waals surface area contributed by atoms with Crippen LogP contribution in [0.1, 0.15) is 19.8 Å². The van der Waals surface area contributed by atoms with Gasteiger partial charge in [-0.3, -0.25) is 0 Å². The summed E-state index contributed by atoms with van der Waals surface area (Å²) in [5.74, 6) is 0. The molecule has 0 radical (unpaired) electrons. The third-order valence-corrected chi connectivity index (χ3v) is 2.41. The molecule has 1 unspecified atom stereocenters. The Labute approximate surface area is 79.4 Å². The Hall–Kier alpha value is -0.830. The number of rotatable bonds is 5. The van der Waals surface area contributed by atoms with Crippen LogP contribution in [0.15, 0.2) is 12.8 Å². The van der Waals surface area contributed by atoms with Crippen LogP contribution in [0.3, 0.4) is 0 Å². The number of hydrogen-bond acceptors (Lipinski definition) is 3. The number of aldehydes is 1. The van der Waals surface area contributed by atoms with Crippen molar-refractivity contribution in [1.29, 1.82) is 0 Å². The molecule has 74 valence electrons. The quantitative estimate of drug-likeness (QED) is 0.600. The Bertz CT molecular complexity index is 185. The summed E-state index contributed by atoms with van der Waals surface area (Å²) in [4.78, 5) is 12.2. The van der Waals surface area contributed by atoms with Gasteiger partial charge in [0.15, 0.2) is 0 Å². The fourth-order valence-corrected chi connectivity index (χ4v) is 1.69. The molecule has 1 fully saturated rings. The monoisotopic (exact) mass is 183 g/mol. The van der Waals surface area contributed by atoms with Crippen molar-refractivity contribution in [3.63, 3.8) is 0 Å². The molecule has 0 bridgehead atoms.